The van der Waals surface area contributed by atoms with Crippen molar-refractivity contribution in [3.05, 3.63) is 53.2 Å². The van der Waals surface area contributed by atoms with Crippen molar-refractivity contribution in [2.24, 2.45) is 10.2 Å². The van der Waals surface area contributed by atoms with Gasteiger partial charge in [-0.1, -0.05) is 18.2 Å². The predicted molar refractivity (Wildman–Crippen MR) is 80.9 cm³/mol. The van der Waals surface area contributed by atoms with Gasteiger partial charge in [0.25, 0.3) is 5.91 Å². The van der Waals surface area contributed by atoms with E-state index in [1.807, 2.05) is 45.0 Å². The fourth-order valence-electron chi connectivity index (χ4n) is 2.33. The molecule has 0 saturated heterocycles. The second kappa shape index (κ2) is 4.77. The molecule has 1 aliphatic heterocycles. The first-order valence-corrected chi connectivity index (χ1v) is 6.79. The van der Waals surface area contributed by atoms with Crippen molar-refractivity contribution in [3.63, 3.8) is 0 Å². The number of carbonyl (C=O) groups excluding carboxylic acids is 1. The maximum absolute atomic E-state index is 12.2. The van der Waals surface area contributed by atoms with Gasteiger partial charge >= 0.3 is 0 Å². The van der Waals surface area contributed by atoms with Gasteiger partial charge in [-0.05, 0) is 39.0 Å². The number of fused-ring (bicyclic) bond motifs is 1. The Kier molecular flexibility index (Phi) is 3.05. The van der Waals surface area contributed by atoms with Crippen LogP contribution in [0.3, 0.4) is 0 Å². The lowest BCUT2D eigenvalue weighted by Gasteiger charge is -2.15. The molecule has 5 nitrogen and oxygen atoms in total. The van der Waals surface area contributed by atoms with E-state index in [1.54, 1.807) is 12.1 Å². The Bertz CT molecular complexity index is 735. The highest BCUT2D eigenvalue weighted by molar-refractivity contribution is 6.03. The van der Waals surface area contributed by atoms with E-state index >= 15 is 0 Å². The van der Waals surface area contributed by atoms with Crippen LogP contribution in [0.2, 0.25) is 0 Å². The van der Waals surface area contributed by atoms with E-state index in [-0.39, 0.29) is 11.4 Å². The number of rotatable bonds is 2. The topological polar surface area (TPSA) is 66.7 Å². The summed E-state index contributed by atoms with van der Waals surface area (Å²) in [6, 6.07) is 10.9. The lowest BCUT2D eigenvalue weighted by atomic mass is 9.95. The summed E-state index contributed by atoms with van der Waals surface area (Å²) in [5.74, 6) is 0.354. The molecule has 0 saturated carbocycles. The quantitative estimate of drug-likeness (QED) is 0.904. The molecule has 1 N–H and O–H groups in total. The molecule has 0 unspecified atom stereocenters. The van der Waals surface area contributed by atoms with Crippen molar-refractivity contribution in [1.29, 1.82) is 0 Å². The SMILES string of the molecule is Cc1nc(NC(=O)c2ccccc2)cc2c1N=NC2(C)C. The molecule has 0 bridgehead atoms. The smallest absolute Gasteiger partial charge is 0.256 e. The number of nitrogens with one attached hydrogen (secondary N) is 1. The summed E-state index contributed by atoms with van der Waals surface area (Å²) in [5.41, 5.74) is 2.78. The van der Waals surface area contributed by atoms with E-state index in [0.29, 0.717) is 11.4 Å². The molecular formula is C16H16N4O. The van der Waals surface area contributed by atoms with Gasteiger partial charge in [-0.2, -0.15) is 10.2 Å². The van der Waals surface area contributed by atoms with Crippen LogP contribution in [-0.2, 0) is 5.54 Å². The standard InChI is InChI=1S/C16H16N4O/c1-10-14-12(16(2,3)20-19-14)9-13(17-10)18-15(21)11-7-5-4-6-8-11/h4-9H,1-3H3,(H,17,18,21). The minimum Gasteiger partial charge on any atom is -0.307 e. The summed E-state index contributed by atoms with van der Waals surface area (Å²) in [6.45, 7) is 5.85. The fourth-order valence-corrected chi connectivity index (χ4v) is 2.33. The number of amides is 1. The molecule has 5 heteroatoms. The summed E-state index contributed by atoms with van der Waals surface area (Å²) >= 11 is 0. The average molecular weight is 280 g/mol. The van der Waals surface area contributed by atoms with Crippen molar-refractivity contribution in [2.75, 3.05) is 5.32 Å². The molecule has 0 spiro atoms. The van der Waals surface area contributed by atoms with Crippen LogP contribution in [0.5, 0.6) is 0 Å². The summed E-state index contributed by atoms with van der Waals surface area (Å²) in [7, 11) is 0. The number of aromatic nitrogens is 1. The Balaban J connectivity index is 1.92. The van der Waals surface area contributed by atoms with E-state index in [1.165, 1.54) is 0 Å². The molecule has 0 radical (unpaired) electrons. The number of pyridine rings is 1. The van der Waals surface area contributed by atoms with Gasteiger partial charge in [0, 0.05) is 11.1 Å². The van der Waals surface area contributed by atoms with Gasteiger partial charge in [-0.25, -0.2) is 4.98 Å². The van der Waals surface area contributed by atoms with Gasteiger partial charge in [0.1, 0.15) is 17.0 Å². The molecule has 1 aromatic carbocycles. The molecular weight excluding hydrogens is 264 g/mol. The summed E-state index contributed by atoms with van der Waals surface area (Å²) in [5, 5.41) is 11.3. The van der Waals surface area contributed by atoms with Crippen LogP contribution in [0, 0.1) is 6.92 Å². The average Bonchev–Trinajstić information content (AvgIpc) is 2.76. The van der Waals surface area contributed by atoms with E-state index in [0.717, 1.165) is 16.9 Å². The van der Waals surface area contributed by atoms with Crippen molar-refractivity contribution in [1.82, 2.24) is 4.98 Å². The fraction of sp³-hybridized carbons (Fsp3) is 0.250. The minimum atomic E-state index is -0.380. The number of benzene rings is 1. The maximum Gasteiger partial charge on any atom is 0.256 e. The number of anilines is 1. The van der Waals surface area contributed by atoms with Crippen molar-refractivity contribution in [3.8, 4) is 0 Å². The number of carbonyl (C=O) groups is 1. The molecule has 3 rings (SSSR count). The van der Waals surface area contributed by atoms with Crippen LogP contribution < -0.4 is 5.32 Å². The lowest BCUT2D eigenvalue weighted by molar-refractivity contribution is 0.102. The zero-order valence-electron chi connectivity index (χ0n) is 12.2. The first-order chi connectivity index (χ1) is 9.97. The van der Waals surface area contributed by atoms with Gasteiger partial charge in [-0.3, -0.25) is 4.79 Å². The largest absolute Gasteiger partial charge is 0.307 e. The van der Waals surface area contributed by atoms with Crippen LogP contribution in [-0.4, -0.2) is 10.9 Å². The first kappa shape index (κ1) is 13.4. The minimum absolute atomic E-state index is 0.174. The zero-order valence-corrected chi connectivity index (χ0v) is 12.2. The normalized spacial score (nSPS) is 14.8. The highest BCUT2D eigenvalue weighted by atomic mass is 16.1. The third kappa shape index (κ3) is 2.42. The third-order valence-corrected chi connectivity index (χ3v) is 3.50. The third-order valence-electron chi connectivity index (χ3n) is 3.50. The Morgan fingerprint density at radius 2 is 1.90 bits per heavy atom. The molecule has 0 aliphatic carbocycles. The summed E-state index contributed by atoms with van der Waals surface area (Å²) in [4.78, 5) is 16.6. The van der Waals surface area contributed by atoms with Crippen LogP contribution in [0.1, 0.15) is 35.5 Å². The lowest BCUT2D eigenvalue weighted by Crippen LogP contribution is -2.15. The Hall–Kier alpha value is -2.56. The maximum atomic E-state index is 12.2. The van der Waals surface area contributed by atoms with Crippen molar-refractivity contribution >= 4 is 17.4 Å². The molecule has 2 heterocycles. The van der Waals surface area contributed by atoms with Crippen molar-refractivity contribution < 1.29 is 4.79 Å². The second-order valence-corrected chi connectivity index (χ2v) is 5.57. The molecule has 106 valence electrons. The van der Waals surface area contributed by atoms with Gasteiger partial charge in [0.15, 0.2) is 0 Å². The van der Waals surface area contributed by atoms with Gasteiger partial charge in [0.05, 0.1) is 5.69 Å². The number of aryl methyl sites for hydroxylation is 1. The van der Waals surface area contributed by atoms with E-state index in [4.69, 9.17) is 0 Å². The van der Waals surface area contributed by atoms with Crippen LogP contribution >= 0.6 is 0 Å². The van der Waals surface area contributed by atoms with Gasteiger partial charge < -0.3 is 5.32 Å². The zero-order chi connectivity index (χ0) is 15.0. The second-order valence-electron chi connectivity index (χ2n) is 5.57. The highest BCUT2D eigenvalue weighted by Crippen LogP contribution is 2.42. The first-order valence-electron chi connectivity index (χ1n) is 6.79. The monoisotopic (exact) mass is 280 g/mol. The van der Waals surface area contributed by atoms with Crippen LogP contribution in [0.15, 0.2) is 46.6 Å². The van der Waals surface area contributed by atoms with Crippen molar-refractivity contribution in [2.45, 2.75) is 26.3 Å². The van der Waals surface area contributed by atoms with E-state index in [9.17, 15) is 4.79 Å². The number of hydrogen-bond acceptors (Lipinski definition) is 4. The van der Waals surface area contributed by atoms with E-state index in [2.05, 4.69) is 20.5 Å². The summed E-state index contributed by atoms with van der Waals surface area (Å²) < 4.78 is 0. The summed E-state index contributed by atoms with van der Waals surface area (Å²) in [6.07, 6.45) is 0. The number of hydrogen-bond donors (Lipinski definition) is 1. The highest BCUT2D eigenvalue weighted by Gasteiger charge is 2.30. The number of nitrogens with zero attached hydrogens (tertiary/aromatic N) is 3. The van der Waals surface area contributed by atoms with E-state index < -0.39 is 0 Å². The Labute approximate surface area is 123 Å². The van der Waals surface area contributed by atoms with Gasteiger partial charge in [-0.15, -0.1) is 0 Å². The Morgan fingerprint density at radius 1 is 1.19 bits per heavy atom. The molecule has 1 amide bonds. The van der Waals surface area contributed by atoms with Gasteiger partial charge in [0.2, 0.25) is 0 Å². The molecule has 1 aliphatic rings. The van der Waals surface area contributed by atoms with Crippen LogP contribution in [0.25, 0.3) is 0 Å². The molecule has 2 aromatic rings. The predicted octanol–water partition coefficient (Wildman–Crippen LogP) is 3.97. The molecule has 0 fully saturated rings. The molecule has 1 aromatic heterocycles. The number of azo groups is 1. The molecule has 0 atom stereocenters. The Morgan fingerprint density at radius 3 is 2.62 bits per heavy atom. The van der Waals surface area contributed by atoms with Crippen LogP contribution in [0.4, 0.5) is 11.5 Å². The molecule has 21 heavy (non-hydrogen) atoms.